The van der Waals surface area contributed by atoms with E-state index in [1.165, 1.54) is 4.90 Å². The maximum atomic E-state index is 12.8. The van der Waals surface area contributed by atoms with Gasteiger partial charge in [-0.15, -0.1) is 0 Å². The zero-order valence-corrected chi connectivity index (χ0v) is 28.7. The van der Waals surface area contributed by atoms with Crippen LogP contribution < -0.4 is 14.2 Å². The summed E-state index contributed by atoms with van der Waals surface area (Å²) < 4.78 is 31.1. The predicted octanol–water partition coefficient (Wildman–Crippen LogP) is 8.87. The zero-order valence-electron chi connectivity index (χ0n) is 28.7. The Labute approximate surface area is 298 Å². The predicted molar refractivity (Wildman–Crippen MR) is 194 cm³/mol. The third kappa shape index (κ3) is 6.94. The quantitative estimate of drug-likeness (QED) is 0.163. The highest BCUT2D eigenvalue weighted by Gasteiger charge is 2.34. The normalized spacial score (nSPS) is 21.7. The van der Waals surface area contributed by atoms with E-state index in [1.807, 2.05) is 48.6 Å². The van der Waals surface area contributed by atoms with Crippen molar-refractivity contribution < 1.29 is 33.3 Å². The number of amides is 2. The maximum absolute atomic E-state index is 12.8. The molecular weight excluding hydrogens is 642 g/mol. The van der Waals surface area contributed by atoms with Crippen molar-refractivity contribution in [3.8, 4) is 17.2 Å². The Kier molecular flexibility index (Phi) is 9.43. The van der Waals surface area contributed by atoms with Crippen LogP contribution in [-0.4, -0.2) is 49.1 Å². The second-order valence-corrected chi connectivity index (χ2v) is 13.4. The number of hydrogen-bond acceptors (Lipinski definition) is 7. The number of hydrogen-bond donors (Lipinski definition) is 0. The fraction of sp³-hybridized carbons (Fsp3) is 0.302. The second kappa shape index (κ2) is 14.6. The van der Waals surface area contributed by atoms with Crippen molar-refractivity contribution in [2.75, 3.05) is 19.8 Å². The van der Waals surface area contributed by atoms with Crippen molar-refractivity contribution in [1.82, 2.24) is 4.90 Å². The second-order valence-electron chi connectivity index (χ2n) is 13.4. The maximum Gasteiger partial charge on any atom is 0.261 e. The van der Waals surface area contributed by atoms with Crippen LogP contribution in [0, 0.1) is 0 Å². The van der Waals surface area contributed by atoms with Crippen molar-refractivity contribution in [3.05, 3.63) is 130 Å². The van der Waals surface area contributed by atoms with Gasteiger partial charge in [0.15, 0.2) is 12.6 Å². The molecule has 3 atom stereocenters. The van der Waals surface area contributed by atoms with E-state index in [4.69, 9.17) is 23.7 Å². The average molecular weight is 684 g/mol. The molecule has 2 fully saturated rings. The van der Waals surface area contributed by atoms with Crippen molar-refractivity contribution >= 4 is 29.0 Å². The highest BCUT2D eigenvalue weighted by molar-refractivity contribution is 6.21. The number of nitrogens with zero attached hydrogens (tertiary/aromatic N) is 1. The minimum absolute atomic E-state index is 0.200. The van der Waals surface area contributed by atoms with Crippen molar-refractivity contribution in [2.45, 2.75) is 64.1 Å². The van der Waals surface area contributed by atoms with Crippen LogP contribution in [0.4, 0.5) is 0 Å². The summed E-state index contributed by atoms with van der Waals surface area (Å²) in [6.07, 6.45) is 8.95. The average Bonchev–Trinajstić information content (AvgIpc) is 3.41. The van der Waals surface area contributed by atoms with Gasteiger partial charge in [-0.05, 0) is 97.3 Å². The van der Waals surface area contributed by atoms with E-state index in [0.717, 1.165) is 95.8 Å². The van der Waals surface area contributed by atoms with Gasteiger partial charge >= 0.3 is 0 Å². The Morgan fingerprint density at radius 3 is 2.04 bits per heavy atom. The number of rotatable bonds is 9. The molecule has 260 valence electrons. The lowest BCUT2D eigenvalue weighted by Crippen LogP contribution is -2.29. The first-order chi connectivity index (χ1) is 25.0. The lowest BCUT2D eigenvalue weighted by atomic mass is 9.86. The summed E-state index contributed by atoms with van der Waals surface area (Å²) in [5.41, 5.74) is 6.95. The third-order valence-corrected chi connectivity index (χ3v) is 9.94. The van der Waals surface area contributed by atoms with E-state index in [-0.39, 0.29) is 37.0 Å². The van der Waals surface area contributed by atoms with Crippen molar-refractivity contribution in [1.29, 1.82) is 0 Å². The van der Waals surface area contributed by atoms with Crippen LogP contribution in [0.3, 0.4) is 0 Å². The van der Waals surface area contributed by atoms with Crippen molar-refractivity contribution in [2.24, 2.45) is 0 Å². The number of carbonyl (C=O) groups is 2. The minimum atomic E-state index is -0.386. The van der Waals surface area contributed by atoms with E-state index in [1.54, 1.807) is 24.3 Å². The molecule has 4 aliphatic heterocycles. The van der Waals surface area contributed by atoms with E-state index in [0.29, 0.717) is 17.7 Å². The van der Waals surface area contributed by atoms with Gasteiger partial charge < -0.3 is 23.7 Å². The number of ether oxygens (including phenoxy) is 5. The summed E-state index contributed by atoms with van der Waals surface area (Å²) >= 11 is 0. The first-order valence-electron chi connectivity index (χ1n) is 17.9. The molecule has 8 rings (SSSR count). The molecule has 4 heterocycles. The van der Waals surface area contributed by atoms with E-state index >= 15 is 0 Å². The van der Waals surface area contributed by atoms with Gasteiger partial charge in [0.25, 0.3) is 11.8 Å². The fourth-order valence-electron chi connectivity index (χ4n) is 7.24. The lowest BCUT2D eigenvalue weighted by Gasteiger charge is -2.32. The van der Waals surface area contributed by atoms with Crippen LogP contribution in [0.1, 0.15) is 94.5 Å². The number of fused-ring (bicyclic) bond motifs is 2. The Bertz CT molecular complexity index is 1950. The summed E-state index contributed by atoms with van der Waals surface area (Å²) in [5.74, 6) is 1.77. The number of benzene rings is 4. The summed E-state index contributed by atoms with van der Waals surface area (Å²) in [7, 11) is 0. The van der Waals surface area contributed by atoms with Gasteiger partial charge in [-0.1, -0.05) is 60.7 Å². The van der Waals surface area contributed by atoms with Crippen LogP contribution in [0.2, 0.25) is 0 Å². The summed E-state index contributed by atoms with van der Waals surface area (Å²) in [6, 6.07) is 29.3. The molecule has 4 aliphatic rings. The molecule has 0 aliphatic carbocycles. The highest BCUT2D eigenvalue weighted by atomic mass is 16.7. The first kappa shape index (κ1) is 33.0. The largest absolute Gasteiger partial charge is 0.480 e. The van der Waals surface area contributed by atoms with Crippen LogP contribution in [0.5, 0.6) is 17.2 Å². The molecule has 0 bridgehead atoms. The topological polar surface area (TPSA) is 83.5 Å². The Morgan fingerprint density at radius 2 is 1.39 bits per heavy atom. The van der Waals surface area contributed by atoms with Gasteiger partial charge in [0, 0.05) is 30.5 Å². The van der Waals surface area contributed by atoms with Gasteiger partial charge in [0.1, 0.15) is 23.4 Å². The molecule has 0 saturated carbocycles. The lowest BCUT2D eigenvalue weighted by molar-refractivity contribution is -0.106. The SMILES string of the molecule is CC1=C(c2cccc(OC3CCCCO3)c2)C(c2ccc(C=CCN3C(=O)c4ccccc4C3=O)cc2)Oc2ccc(OC3CCCCO3)cc21. The Morgan fingerprint density at radius 1 is 0.725 bits per heavy atom. The Hall–Kier alpha value is -5.18. The fourth-order valence-corrected chi connectivity index (χ4v) is 7.24. The van der Waals surface area contributed by atoms with E-state index in [2.05, 4.69) is 37.3 Å². The highest BCUT2D eigenvalue weighted by Crippen LogP contribution is 2.48. The molecule has 0 aromatic heterocycles. The molecule has 0 N–H and O–H groups in total. The number of imide groups is 1. The molecule has 2 amide bonds. The molecule has 4 aromatic rings. The van der Waals surface area contributed by atoms with Gasteiger partial charge in [0.2, 0.25) is 0 Å². The van der Waals surface area contributed by atoms with Crippen LogP contribution >= 0.6 is 0 Å². The van der Waals surface area contributed by atoms with E-state index in [9.17, 15) is 9.59 Å². The number of allylic oxidation sites excluding steroid dienone is 1. The van der Waals surface area contributed by atoms with Gasteiger partial charge in [-0.3, -0.25) is 14.5 Å². The molecule has 3 unspecified atom stereocenters. The zero-order chi connectivity index (χ0) is 34.7. The summed E-state index contributed by atoms with van der Waals surface area (Å²) in [4.78, 5) is 26.9. The van der Waals surface area contributed by atoms with Crippen LogP contribution in [0.25, 0.3) is 17.2 Å². The molecule has 51 heavy (non-hydrogen) atoms. The molecule has 2 saturated heterocycles. The molecule has 8 heteroatoms. The number of carbonyl (C=O) groups excluding carboxylic acids is 2. The minimum Gasteiger partial charge on any atom is -0.480 e. The monoisotopic (exact) mass is 683 g/mol. The van der Waals surface area contributed by atoms with Gasteiger partial charge in [0.05, 0.1) is 24.3 Å². The first-order valence-corrected chi connectivity index (χ1v) is 17.9. The van der Waals surface area contributed by atoms with Crippen LogP contribution in [0.15, 0.2) is 97.1 Å². The van der Waals surface area contributed by atoms with Gasteiger partial charge in [-0.2, -0.15) is 0 Å². The van der Waals surface area contributed by atoms with Gasteiger partial charge in [-0.25, -0.2) is 0 Å². The molecule has 4 aromatic carbocycles. The van der Waals surface area contributed by atoms with Crippen LogP contribution in [-0.2, 0) is 9.47 Å². The molecule has 8 nitrogen and oxygen atoms in total. The molecular formula is C43H41NO7. The van der Waals surface area contributed by atoms with E-state index < -0.39 is 0 Å². The molecule has 0 spiro atoms. The standard InChI is InChI=1S/C43H41NO7/c1-28-36-27-33(50-39-16-5-7-25-48-39)21-22-37(36)51-41(40(28)31-11-8-12-32(26-31)49-38-15-4-6-24-47-38)30-19-17-29(18-20-30)10-9-23-44-42(45)34-13-2-3-14-35(34)43(44)46/h2-3,8-14,17-22,26-27,38-39,41H,4-7,15-16,23-25H2,1H3. The Balaban J connectivity index is 1.07. The third-order valence-electron chi connectivity index (χ3n) is 9.94. The summed E-state index contributed by atoms with van der Waals surface area (Å²) in [6.45, 7) is 3.77. The smallest absolute Gasteiger partial charge is 0.261 e. The van der Waals surface area contributed by atoms with Crippen molar-refractivity contribution in [3.63, 3.8) is 0 Å². The summed E-state index contributed by atoms with van der Waals surface area (Å²) in [5, 5.41) is 0. The molecule has 0 radical (unpaired) electrons.